The molecule has 2 heterocycles. The third-order valence-electron chi connectivity index (χ3n) is 3.03. The second-order valence-electron chi connectivity index (χ2n) is 4.45. The molecule has 5 heteroatoms. The fraction of sp³-hybridized carbons (Fsp3) is 0.417. The van der Waals surface area contributed by atoms with Crippen molar-refractivity contribution < 1.29 is 0 Å². The van der Waals surface area contributed by atoms with Crippen molar-refractivity contribution in [1.29, 1.82) is 0 Å². The molecule has 90 valence electrons. The van der Waals surface area contributed by atoms with Crippen LogP contribution >= 0.6 is 27.3 Å². The molecule has 3 rings (SSSR count). The Balaban J connectivity index is 1.86. The molecule has 1 saturated carbocycles. The molecule has 1 aliphatic carbocycles. The van der Waals surface area contributed by atoms with Crippen molar-refractivity contribution in [2.45, 2.75) is 32.4 Å². The average Bonchev–Trinajstić information content (AvgIpc) is 2.91. The monoisotopic (exact) mass is 311 g/mol. The van der Waals surface area contributed by atoms with Gasteiger partial charge in [-0.3, -0.25) is 5.10 Å². The summed E-state index contributed by atoms with van der Waals surface area (Å²) in [5, 5.41) is 10.8. The van der Waals surface area contributed by atoms with Gasteiger partial charge >= 0.3 is 0 Å². The molecule has 0 spiro atoms. The number of hydrogen-bond donors (Lipinski definition) is 2. The highest BCUT2D eigenvalue weighted by Gasteiger charge is 2.21. The first-order chi connectivity index (χ1) is 8.24. The van der Waals surface area contributed by atoms with Gasteiger partial charge in [-0.05, 0) is 41.8 Å². The van der Waals surface area contributed by atoms with Gasteiger partial charge in [0.15, 0.2) is 0 Å². The van der Waals surface area contributed by atoms with E-state index in [9.17, 15) is 0 Å². The zero-order chi connectivity index (χ0) is 11.8. The number of H-pyrrole nitrogens is 1. The van der Waals surface area contributed by atoms with Gasteiger partial charge in [0.05, 0.1) is 15.7 Å². The third-order valence-corrected chi connectivity index (χ3v) is 4.59. The standard InChI is InChI=1S/C12H14BrN3S/c1-7-10(4-11(13)17-7)12-8(6-15-16-12)5-14-9-2-3-9/h4,6,9,14H,2-3,5H2,1H3,(H,15,16). The van der Waals surface area contributed by atoms with E-state index in [1.165, 1.54) is 32.6 Å². The molecule has 3 nitrogen and oxygen atoms in total. The fourth-order valence-electron chi connectivity index (χ4n) is 1.91. The number of aromatic amines is 1. The molecule has 2 aromatic rings. The molecular weight excluding hydrogens is 298 g/mol. The van der Waals surface area contributed by atoms with Gasteiger partial charge in [-0.1, -0.05) is 0 Å². The van der Waals surface area contributed by atoms with Crippen molar-refractivity contribution in [3.8, 4) is 11.3 Å². The predicted molar refractivity (Wildman–Crippen MR) is 74.2 cm³/mol. The number of halogens is 1. The summed E-state index contributed by atoms with van der Waals surface area (Å²) in [6, 6.07) is 2.89. The maximum absolute atomic E-state index is 4.17. The number of aromatic nitrogens is 2. The summed E-state index contributed by atoms with van der Waals surface area (Å²) in [4.78, 5) is 1.31. The lowest BCUT2D eigenvalue weighted by Crippen LogP contribution is -2.15. The Hall–Kier alpha value is -0.650. The van der Waals surface area contributed by atoms with Crippen LogP contribution < -0.4 is 5.32 Å². The topological polar surface area (TPSA) is 40.7 Å². The number of thiophene rings is 1. The van der Waals surface area contributed by atoms with Gasteiger partial charge in [-0.2, -0.15) is 5.10 Å². The number of nitrogens with zero attached hydrogens (tertiary/aromatic N) is 1. The summed E-state index contributed by atoms with van der Waals surface area (Å²) in [6.45, 7) is 3.05. The lowest BCUT2D eigenvalue weighted by atomic mass is 10.1. The first kappa shape index (κ1) is 11.4. The molecule has 0 amide bonds. The second kappa shape index (κ2) is 4.55. The van der Waals surface area contributed by atoms with Crippen molar-refractivity contribution in [3.63, 3.8) is 0 Å². The Morgan fingerprint density at radius 1 is 1.59 bits per heavy atom. The normalized spacial score (nSPS) is 15.4. The summed E-state index contributed by atoms with van der Waals surface area (Å²) < 4.78 is 1.17. The molecule has 0 aliphatic heterocycles. The SMILES string of the molecule is Cc1sc(Br)cc1-c1[nH]ncc1CNC1CC1. The van der Waals surface area contributed by atoms with Crippen LogP contribution in [0.5, 0.6) is 0 Å². The van der Waals surface area contributed by atoms with Crippen LogP contribution in [0.4, 0.5) is 0 Å². The van der Waals surface area contributed by atoms with Gasteiger partial charge in [-0.25, -0.2) is 0 Å². The summed E-state index contributed by atoms with van der Waals surface area (Å²) in [5.41, 5.74) is 3.66. The van der Waals surface area contributed by atoms with Crippen molar-refractivity contribution >= 4 is 27.3 Å². The molecule has 0 radical (unpaired) electrons. The van der Waals surface area contributed by atoms with Crippen LogP contribution in [0.1, 0.15) is 23.3 Å². The highest BCUT2D eigenvalue weighted by Crippen LogP contribution is 2.34. The minimum absolute atomic E-state index is 0.730. The molecule has 0 unspecified atom stereocenters. The molecule has 1 aliphatic rings. The van der Waals surface area contributed by atoms with E-state index < -0.39 is 0 Å². The molecule has 0 saturated heterocycles. The zero-order valence-electron chi connectivity index (χ0n) is 9.59. The van der Waals surface area contributed by atoms with Crippen molar-refractivity contribution in [2.24, 2.45) is 0 Å². The third kappa shape index (κ3) is 2.46. The highest BCUT2D eigenvalue weighted by atomic mass is 79.9. The molecule has 0 atom stereocenters. The van der Waals surface area contributed by atoms with Crippen molar-refractivity contribution in [2.75, 3.05) is 0 Å². The van der Waals surface area contributed by atoms with Crippen LogP contribution in [0, 0.1) is 6.92 Å². The first-order valence-corrected chi connectivity index (χ1v) is 7.37. The van der Waals surface area contributed by atoms with E-state index in [1.54, 1.807) is 11.3 Å². The zero-order valence-corrected chi connectivity index (χ0v) is 12.0. The number of rotatable bonds is 4. The van der Waals surface area contributed by atoms with Crippen LogP contribution in [-0.2, 0) is 6.54 Å². The second-order valence-corrected chi connectivity index (χ2v) is 7.08. The number of nitrogens with one attached hydrogen (secondary N) is 2. The van der Waals surface area contributed by atoms with E-state index in [2.05, 4.69) is 44.4 Å². The molecule has 2 N–H and O–H groups in total. The molecule has 2 aromatic heterocycles. The van der Waals surface area contributed by atoms with E-state index >= 15 is 0 Å². The Labute approximate surface area is 113 Å². The molecule has 0 aromatic carbocycles. The lowest BCUT2D eigenvalue weighted by Gasteiger charge is -2.03. The lowest BCUT2D eigenvalue weighted by molar-refractivity contribution is 0.689. The number of hydrogen-bond acceptors (Lipinski definition) is 3. The Kier molecular flexibility index (Phi) is 3.06. The Morgan fingerprint density at radius 2 is 2.41 bits per heavy atom. The minimum atomic E-state index is 0.730. The average molecular weight is 312 g/mol. The predicted octanol–water partition coefficient (Wildman–Crippen LogP) is 3.46. The summed E-state index contributed by atoms with van der Waals surface area (Å²) >= 11 is 5.30. The smallest absolute Gasteiger partial charge is 0.0708 e. The van der Waals surface area contributed by atoms with Crippen LogP contribution in [0.2, 0.25) is 0 Å². The van der Waals surface area contributed by atoms with Gasteiger partial charge in [0.1, 0.15) is 0 Å². The largest absolute Gasteiger partial charge is 0.310 e. The summed E-state index contributed by atoms with van der Waals surface area (Å²) in [5.74, 6) is 0. The number of aryl methyl sites for hydroxylation is 1. The van der Waals surface area contributed by atoms with Crippen LogP contribution in [-0.4, -0.2) is 16.2 Å². The van der Waals surface area contributed by atoms with Gasteiger partial charge in [0.25, 0.3) is 0 Å². The maximum Gasteiger partial charge on any atom is 0.0708 e. The van der Waals surface area contributed by atoms with Crippen molar-refractivity contribution in [1.82, 2.24) is 15.5 Å². The molecule has 1 fully saturated rings. The van der Waals surface area contributed by atoms with E-state index in [4.69, 9.17) is 0 Å². The first-order valence-electron chi connectivity index (χ1n) is 5.76. The van der Waals surface area contributed by atoms with Gasteiger partial charge in [0.2, 0.25) is 0 Å². The van der Waals surface area contributed by atoms with Gasteiger partial charge < -0.3 is 5.32 Å². The van der Waals surface area contributed by atoms with Gasteiger partial charge in [-0.15, -0.1) is 11.3 Å². The van der Waals surface area contributed by atoms with Gasteiger partial charge in [0, 0.05) is 28.6 Å². The Morgan fingerprint density at radius 3 is 3.06 bits per heavy atom. The summed E-state index contributed by atoms with van der Waals surface area (Å²) in [6.07, 6.45) is 4.56. The van der Waals surface area contributed by atoms with Crippen LogP contribution in [0.25, 0.3) is 11.3 Å². The van der Waals surface area contributed by atoms with E-state index in [-0.39, 0.29) is 0 Å². The van der Waals surface area contributed by atoms with Crippen molar-refractivity contribution in [3.05, 3.63) is 26.5 Å². The van der Waals surface area contributed by atoms with Crippen LogP contribution in [0.15, 0.2) is 16.0 Å². The summed E-state index contributed by atoms with van der Waals surface area (Å²) in [7, 11) is 0. The highest BCUT2D eigenvalue weighted by molar-refractivity contribution is 9.11. The maximum atomic E-state index is 4.17. The van der Waals surface area contributed by atoms with E-state index in [0.29, 0.717) is 0 Å². The minimum Gasteiger partial charge on any atom is -0.310 e. The molecule has 17 heavy (non-hydrogen) atoms. The molecular formula is C12H14BrN3S. The molecule has 0 bridgehead atoms. The quantitative estimate of drug-likeness (QED) is 0.908. The van der Waals surface area contributed by atoms with Crippen LogP contribution in [0.3, 0.4) is 0 Å². The fourth-order valence-corrected chi connectivity index (χ4v) is 3.61. The Bertz CT molecular complexity index is 528. The van der Waals surface area contributed by atoms with E-state index in [1.807, 2.05) is 6.20 Å². The van der Waals surface area contributed by atoms with E-state index in [0.717, 1.165) is 18.3 Å².